The average Bonchev–Trinajstić information content (AvgIpc) is 3.46. The van der Waals surface area contributed by atoms with E-state index in [1.807, 2.05) is 0 Å². The second-order valence-electron chi connectivity index (χ2n) is 24.8. The lowest BCUT2D eigenvalue weighted by molar-refractivity contribution is -0.167. The van der Waals surface area contributed by atoms with Gasteiger partial charge in [-0.15, -0.1) is 0 Å². The molecule has 0 aliphatic carbocycles. The summed E-state index contributed by atoms with van der Waals surface area (Å²) < 4.78 is 16.9. The van der Waals surface area contributed by atoms with E-state index in [1.54, 1.807) is 0 Å². The number of hydrogen-bond donors (Lipinski definition) is 0. The summed E-state index contributed by atoms with van der Waals surface area (Å²) in [5.41, 5.74) is 0. The third-order valence-corrected chi connectivity index (χ3v) is 16.7. The fraction of sp³-hybridized carbons (Fsp3) is 0.880. The molecule has 0 aliphatic rings. The molecule has 1 atom stereocenters. The maximum atomic E-state index is 12.9. The minimum atomic E-state index is -0.781. The van der Waals surface area contributed by atoms with E-state index in [-0.39, 0.29) is 31.1 Å². The summed E-state index contributed by atoms with van der Waals surface area (Å²) in [6, 6.07) is 0. The fourth-order valence-electron chi connectivity index (χ4n) is 11.2. The summed E-state index contributed by atoms with van der Waals surface area (Å²) in [7, 11) is 0. The number of allylic oxidation sites excluding steroid dienone is 6. The first-order valence-electron chi connectivity index (χ1n) is 36.5. The van der Waals surface area contributed by atoms with Crippen LogP contribution < -0.4 is 0 Å². The number of hydrogen-bond acceptors (Lipinski definition) is 6. The predicted octanol–water partition coefficient (Wildman–Crippen LogP) is 25.1. The Morgan fingerprint density at radius 1 is 0.259 bits per heavy atom. The number of rotatable bonds is 68. The van der Waals surface area contributed by atoms with Crippen LogP contribution in [0.4, 0.5) is 0 Å². The van der Waals surface area contributed by atoms with Gasteiger partial charge in [0.25, 0.3) is 0 Å². The van der Waals surface area contributed by atoms with Crippen LogP contribution in [-0.2, 0) is 28.6 Å². The average molecular weight is 1140 g/mol. The van der Waals surface area contributed by atoms with E-state index < -0.39 is 6.10 Å². The number of ether oxygens (including phenoxy) is 3. The van der Waals surface area contributed by atoms with E-state index in [0.29, 0.717) is 19.3 Å². The lowest BCUT2D eigenvalue weighted by atomic mass is 10.0. The van der Waals surface area contributed by atoms with Crippen LogP contribution >= 0.6 is 0 Å². The molecular weight excluding hydrogens is 997 g/mol. The molecule has 0 bridgehead atoms. The van der Waals surface area contributed by atoms with Crippen LogP contribution in [-0.4, -0.2) is 37.2 Å². The smallest absolute Gasteiger partial charge is 0.306 e. The molecule has 0 amide bonds. The van der Waals surface area contributed by atoms with Gasteiger partial charge in [-0.3, -0.25) is 14.4 Å². The number of unbranched alkanes of at least 4 members (excludes halogenated alkanes) is 51. The van der Waals surface area contributed by atoms with Crippen molar-refractivity contribution in [3.05, 3.63) is 36.5 Å². The van der Waals surface area contributed by atoms with Gasteiger partial charge < -0.3 is 14.2 Å². The molecule has 476 valence electrons. The van der Waals surface area contributed by atoms with Crippen LogP contribution in [0.3, 0.4) is 0 Å². The van der Waals surface area contributed by atoms with E-state index in [9.17, 15) is 14.4 Å². The van der Waals surface area contributed by atoms with Gasteiger partial charge in [0, 0.05) is 19.3 Å². The van der Waals surface area contributed by atoms with Crippen molar-refractivity contribution in [2.45, 2.75) is 412 Å². The molecule has 0 saturated carbocycles. The molecule has 6 heteroatoms. The molecule has 0 aromatic rings. The van der Waals surface area contributed by atoms with Crippen LogP contribution in [0, 0.1) is 0 Å². The Morgan fingerprint density at radius 3 is 0.753 bits per heavy atom. The summed E-state index contributed by atoms with van der Waals surface area (Å²) in [4.78, 5) is 38.4. The van der Waals surface area contributed by atoms with Gasteiger partial charge in [0.2, 0.25) is 0 Å². The molecule has 0 saturated heterocycles. The minimum Gasteiger partial charge on any atom is -0.462 e. The first-order valence-corrected chi connectivity index (χ1v) is 36.5. The maximum absolute atomic E-state index is 12.9. The molecule has 0 aliphatic heterocycles. The third kappa shape index (κ3) is 68.3. The molecule has 0 N–H and O–H groups in total. The van der Waals surface area contributed by atoms with Crippen molar-refractivity contribution >= 4 is 17.9 Å². The zero-order valence-electron chi connectivity index (χ0n) is 54.8. The summed E-state index contributed by atoms with van der Waals surface area (Å²) in [5, 5.41) is 0. The number of carbonyl (C=O) groups excluding carboxylic acids is 3. The van der Waals surface area contributed by atoms with E-state index in [2.05, 4.69) is 57.2 Å². The van der Waals surface area contributed by atoms with E-state index in [4.69, 9.17) is 14.2 Å². The topological polar surface area (TPSA) is 78.9 Å². The lowest BCUT2D eigenvalue weighted by Crippen LogP contribution is -2.30. The first kappa shape index (κ1) is 78.6. The molecule has 1 unspecified atom stereocenters. The Morgan fingerprint density at radius 2 is 0.481 bits per heavy atom. The van der Waals surface area contributed by atoms with E-state index in [0.717, 1.165) is 83.5 Å². The first-order chi connectivity index (χ1) is 40.0. The highest BCUT2D eigenvalue weighted by molar-refractivity contribution is 5.71. The summed E-state index contributed by atoms with van der Waals surface area (Å²) in [6.45, 7) is 6.58. The highest BCUT2D eigenvalue weighted by atomic mass is 16.6. The highest BCUT2D eigenvalue weighted by Gasteiger charge is 2.19. The zero-order chi connectivity index (χ0) is 58.5. The molecule has 0 heterocycles. The van der Waals surface area contributed by atoms with Crippen molar-refractivity contribution in [2.75, 3.05) is 13.2 Å². The second kappa shape index (κ2) is 70.1. The molecule has 0 fully saturated rings. The monoisotopic (exact) mass is 1140 g/mol. The second-order valence-corrected chi connectivity index (χ2v) is 24.8. The quantitative estimate of drug-likeness (QED) is 0.0261. The van der Waals surface area contributed by atoms with Crippen LogP contribution in [0.25, 0.3) is 0 Å². The number of carbonyl (C=O) groups is 3. The zero-order valence-corrected chi connectivity index (χ0v) is 54.8. The minimum absolute atomic E-state index is 0.0759. The Hall–Kier alpha value is -2.37. The van der Waals surface area contributed by atoms with Crippen molar-refractivity contribution < 1.29 is 28.6 Å². The van der Waals surface area contributed by atoms with Crippen molar-refractivity contribution in [3.63, 3.8) is 0 Å². The van der Waals surface area contributed by atoms with Gasteiger partial charge in [0.15, 0.2) is 6.10 Å². The van der Waals surface area contributed by atoms with Gasteiger partial charge in [0.05, 0.1) is 0 Å². The molecule has 0 spiro atoms. The fourth-order valence-corrected chi connectivity index (χ4v) is 11.2. The largest absolute Gasteiger partial charge is 0.462 e. The Bertz CT molecular complexity index is 1350. The maximum Gasteiger partial charge on any atom is 0.306 e. The van der Waals surface area contributed by atoms with Crippen LogP contribution in [0.2, 0.25) is 0 Å². The molecule has 6 nitrogen and oxygen atoms in total. The highest BCUT2D eigenvalue weighted by Crippen LogP contribution is 2.19. The van der Waals surface area contributed by atoms with Gasteiger partial charge in [0.1, 0.15) is 13.2 Å². The van der Waals surface area contributed by atoms with Crippen LogP contribution in [0.1, 0.15) is 406 Å². The normalized spacial score (nSPS) is 12.2. The standard InChI is InChI=1S/C75H140O6/c1-4-7-10-13-16-19-22-25-27-29-30-31-32-33-34-35-36-37-38-39-40-41-42-43-44-46-47-50-53-56-59-62-65-68-74(77)80-71-72(70-79-73(76)67-64-61-58-55-52-49-24-21-18-15-12-9-6-3)81-75(78)69-66-63-60-57-54-51-48-45-28-26-23-20-17-14-11-8-5-2/h9,12,18,21,49,52,72H,4-8,10-11,13-17,19-20,22-48,50-51,53-71H2,1-3H3/b12-9-,21-18-,52-49-. The SMILES string of the molecule is CC/C=C\C/C=C\C/C=C\CCCCCC(=O)OCC(COC(=O)CCCCCCCCCCCCCCCCCCCCCCCCCCCCCCCCCCC)OC(=O)CCCCCCCCCCCCCCCCCCC. The Labute approximate surface area is 506 Å². The van der Waals surface area contributed by atoms with Crippen LogP contribution in [0.5, 0.6) is 0 Å². The predicted molar refractivity (Wildman–Crippen MR) is 353 cm³/mol. The summed E-state index contributed by atoms with van der Waals surface area (Å²) >= 11 is 0. The van der Waals surface area contributed by atoms with Crippen molar-refractivity contribution in [1.82, 2.24) is 0 Å². The van der Waals surface area contributed by atoms with E-state index in [1.165, 1.54) is 283 Å². The third-order valence-electron chi connectivity index (χ3n) is 16.7. The van der Waals surface area contributed by atoms with Gasteiger partial charge >= 0.3 is 17.9 Å². The molecule has 0 radical (unpaired) electrons. The Kier molecular flexibility index (Phi) is 68.1. The van der Waals surface area contributed by atoms with E-state index >= 15 is 0 Å². The number of esters is 3. The van der Waals surface area contributed by atoms with Gasteiger partial charge in [-0.1, -0.05) is 372 Å². The summed E-state index contributed by atoms with van der Waals surface area (Å²) in [6.07, 6.45) is 87.8. The molecule has 0 aromatic carbocycles. The van der Waals surface area contributed by atoms with Crippen molar-refractivity contribution in [3.8, 4) is 0 Å². The van der Waals surface area contributed by atoms with Crippen LogP contribution in [0.15, 0.2) is 36.5 Å². The summed E-state index contributed by atoms with van der Waals surface area (Å²) in [5.74, 6) is -0.878. The van der Waals surface area contributed by atoms with Crippen molar-refractivity contribution in [1.29, 1.82) is 0 Å². The molecular formula is C75H140O6. The van der Waals surface area contributed by atoms with Crippen molar-refractivity contribution in [2.24, 2.45) is 0 Å². The lowest BCUT2D eigenvalue weighted by Gasteiger charge is -2.18. The molecule has 81 heavy (non-hydrogen) atoms. The van der Waals surface area contributed by atoms with Gasteiger partial charge in [-0.2, -0.15) is 0 Å². The molecule has 0 aromatic heterocycles. The Balaban J connectivity index is 4.09. The molecule has 0 rings (SSSR count). The van der Waals surface area contributed by atoms with Gasteiger partial charge in [-0.25, -0.2) is 0 Å². The van der Waals surface area contributed by atoms with Gasteiger partial charge in [-0.05, 0) is 51.4 Å².